The number of benzene rings is 8. The van der Waals surface area contributed by atoms with Crippen LogP contribution >= 0.6 is 0 Å². The fourth-order valence-electron chi connectivity index (χ4n) is 7.88. The van der Waals surface area contributed by atoms with E-state index in [9.17, 15) is 0 Å². The molecule has 3 aromatic heterocycles. The second-order valence-electron chi connectivity index (χ2n) is 13.6. The van der Waals surface area contributed by atoms with E-state index in [0.29, 0.717) is 0 Å². The highest BCUT2D eigenvalue weighted by Crippen LogP contribution is 2.42. The van der Waals surface area contributed by atoms with Crippen molar-refractivity contribution >= 4 is 82.5 Å². The minimum atomic E-state index is 0.894. The maximum atomic E-state index is 6.51. The van der Waals surface area contributed by atoms with Gasteiger partial charge in [0.05, 0.1) is 5.69 Å². The Hall–Kier alpha value is -7.17. The van der Waals surface area contributed by atoms with Crippen LogP contribution in [0.5, 0.6) is 0 Å². The van der Waals surface area contributed by atoms with E-state index in [1.807, 2.05) is 48.7 Å². The van der Waals surface area contributed by atoms with Crippen molar-refractivity contribution in [2.24, 2.45) is 0 Å². The summed E-state index contributed by atoms with van der Waals surface area (Å²) in [6, 6.07) is 62.0. The van der Waals surface area contributed by atoms with Gasteiger partial charge in [-0.25, -0.2) is 0 Å². The van der Waals surface area contributed by atoms with Crippen molar-refractivity contribution in [1.29, 1.82) is 0 Å². The standard InChI is InChI=1S/C49H30N2O2/c1-3-10-46-39(7-1)41-26-20-33-18-24-37(29-43(33)48(41)52-46)51(36-22-16-32(17-23-36)31-12-14-35(15-13-31)45-9-5-6-28-50-45)38-25-19-34-21-27-42-40-8-2-4-11-47(40)53-49(42)44(34)30-38/h1-30H. The Morgan fingerprint density at radius 2 is 0.830 bits per heavy atom. The second kappa shape index (κ2) is 11.7. The normalized spacial score (nSPS) is 11.8. The number of anilines is 3. The quantitative estimate of drug-likeness (QED) is 0.182. The van der Waals surface area contributed by atoms with Crippen LogP contribution in [0.3, 0.4) is 0 Å². The fourth-order valence-corrected chi connectivity index (χ4v) is 7.88. The highest BCUT2D eigenvalue weighted by atomic mass is 16.3. The molecule has 0 aliphatic carbocycles. The van der Waals surface area contributed by atoms with Gasteiger partial charge in [-0.1, -0.05) is 103 Å². The molecular formula is C49H30N2O2. The van der Waals surface area contributed by atoms with Crippen molar-refractivity contribution in [1.82, 2.24) is 4.98 Å². The summed E-state index contributed by atoms with van der Waals surface area (Å²) in [5, 5.41) is 8.90. The van der Waals surface area contributed by atoms with Gasteiger partial charge in [-0.05, 0) is 94.7 Å². The van der Waals surface area contributed by atoms with Gasteiger partial charge in [0, 0.05) is 61.1 Å². The highest BCUT2D eigenvalue weighted by Gasteiger charge is 2.18. The first-order valence-electron chi connectivity index (χ1n) is 17.9. The van der Waals surface area contributed by atoms with Gasteiger partial charge in [0.25, 0.3) is 0 Å². The molecule has 4 heteroatoms. The minimum Gasteiger partial charge on any atom is -0.455 e. The molecule has 0 saturated carbocycles. The van der Waals surface area contributed by atoms with E-state index in [-0.39, 0.29) is 0 Å². The lowest BCUT2D eigenvalue weighted by Gasteiger charge is -2.26. The molecule has 4 nitrogen and oxygen atoms in total. The maximum Gasteiger partial charge on any atom is 0.143 e. The molecule has 0 fully saturated rings. The smallest absolute Gasteiger partial charge is 0.143 e. The van der Waals surface area contributed by atoms with Crippen LogP contribution in [0.2, 0.25) is 0 Å². The molecule has 3 heterocycles. The third-order valence-corrected chi connectivity index (χ3v) is 10.5. The molecule has 0 unspecified atom stereocenters. The molecule has 0 atom stereocenters. The average molecular weight is 679 g/mol. The number of para-hydroxylation sites is 2. The molecule has 0 radical (unpaired) electrons. The fraction of sp³-hybridized carbons (Fsp3) is 0. The molecule has 0 aliphatic heterocycles. The lowest BCUT2D eigenvalue weighted by molar-refractivity contribution is 0.672. The van der Waals surface area contributed by atoms with E-state index >= 15 is 0 Å². The first kappa shape index (κ1) is 29.5. The van der Waals surface area contributed by atoms with Crippen molar-refractivity contribution in [2.75, 3.05) is 4.90 Å². The summed E-state index contributed by atoms with van der Waals surface area (Å²) in [5.41, 5.74) is 11.1. The first-order chi connectivity index (χ1) is 26.2. The largest absolute Gasteiger partial charge is 0.455 e. The molecule has 248 valence electrons. The maximum absolute atomic E-state index is 6.51. The van der Waals surface area contributed by atoms with E-state index < -0.39 is 0 Å². The van der Waals surface area contributed by atoms with Gasteiger partial charge in [0.2, 0.25) is 0 Å². The van der Waals surface area contributed by atoms with E-state index in [4.69, 9.17) is 8.83 Å². The number of nitrogens with zero attached hydrogens (tertiary/aromatic N) is 2. The average Bonchev–Trinajstić information content (AvgIpc) is 3.81. The Kier molecular flexibility index (Phi) is 6.52. The van der Waals surface area contributed by atoms with E-state index in [0.717, 1.165) is 105 Å². The molecule has 0 amide bonds. The van der Waals surface area contributed by atoms with Gasteiger partial charge in [-0.15, -0.1) is 0 Å². The van der Waals surface area contributed by atoms with Crippen LogP contribution in [0.4, 0.5) is 17.1 Å². The second-order valence-corrected chi connectivity index (χ2v) is 13.6. The number of hydrogen-bond donors (Lipinski definition) is 0. The molecule has 0 aliphatic rings. The first-order valence-corrected chi connectivity index (χ1v) is 17.9. The van der Waals surface area contributed by atoms with Crippen molar-refractivity contribution in [2.45, 2.75) is 0 Å². The summed E-state index contributed by atoms with van der Waals surface area (Å²) < 4.78 is 13.0. The van der Waals surface area contributed by atoms with E-state index in [2.05, 4.69) is 143 Å². The number of fused-ring (bicyclic) bond motifs is 10. The number of rotatable bonds is 5. The summed E-state index contributed by atoms with van der Waals surface area (Å²) >= 11 is 0. The Bertz CT molecular complexity index is 3000. The van der Waals surface area contributed by atoms with Crippen molar-refractivity contribution in [3.8, 4) is 22.4 Å². The zero-order valence-electron chi connectivity index (χ0n) is 28.5. The van der Waals surface area contributed by atoms with Gasteiger partial charge in [0.15, 0.2) is 0 Å². The third kappa shape index (κ3) is 4.80. The Balaban J connectivity index is 1.08. The summed E-state index contributed by atoms with van der Waals surface area (Å²) in [4.78, 5) is 6.84. The van der Waals surface area contributed by atoms with Crippen LogP contribution < -0.4 is 4.90 Å². The molecule has 8 aromatic carbocycles. The van der Waals surface area contributed by atoms with E-state index in [1.165, 1.54) is 0 Å². The van der Waals surface area contributed by atoms with Crippen molar-refractivity contribution in [3.63, 3.8) is 0 Å². The minimum absolute atomic E-state index is 0.894. The molecule has 0 spiro atoms. The number of hydrogen-bond acceptors (Lipinski definition) is 4. The molecule has 53 heavy (non-hydrogen) atoms. The summed E-state index contributed by atoms with van der Waals surface area (Å²) in [5.74, 6) is 0. The zero-order chi connectivity index (χ0) is 34.9. The van der Waals surface area contributed by atoms with Crippen LogP contribution in [0.25, 0.3) is 87.8 Å². The molecule has 0 bridgehead atoms. The van der Waals surface area contributed by atoms with Gasteiger partial charge < -0.3 is 13.7 Å². The van der Waals surface area contributed by atoms with Crippen molar-refractivity contribution < 1.29 is 8.83 Å². The van der Waals surface area contributed by atoms with Gasteiger partial charge in [-0.3, -0.25) is 4.98 Å². The highest BCUT2D eigenvalue weighted by molar-refractivity contribution is 6.17. The molecule has 0 saturated heterocycles. The van der Waals surface area contributed by atoms with Crippen LogP contribution in [0.1, 0.15) is 0 Å². The van der Waals surface area contributed by atoms with Gasteiger partial charge in [0.1, 0.15) is 22.3 Å². The van der Waals surface area contributed by atoms with Crippen LogP contribution in [0.15, 0.2) is 191 Å². The lowest BCUT2D eigenvalue weighted by atomic mass is 10.0. The Labute approximate surface area is 304 Å². The predicted molar refractivity (Wildman–Crippen MR) is 219 cm³/mol. The van der Waals surface area contributed by atoms with Crippen molar-refractivity contribution in [3.05, 3.63) is 182 Å². The molecular weight excluding hydrogens is 649 g/mol. The molecule has 11 aromatic rings. The van der Waals surface area contributed by atoms with Gasteiger partial charge >= 0.3 is 0 Å². The lowest BCUT2D eigenvalue weighted by Crippen LogP contribution is -2.10. The Morgan fingerprint density at radius 3 is 1.38 bits per heavy atom. The zero-order valence-corrected chi connectivity index (χ0v) is 28.5. The predicted octanol–water partition coefficient (Wildman–Crippen LogP) is 14.0. The number of aromatic nitrogens is 1. The summed E-state index contributed by atoms with van der Waals surface area (Å²) in [6.45, 7) is 0. The third-order valence-electron chi connectivity index (χ3n) is 10.5. The monoisotopic (exact) mass is 678 g/mol. The number of furan rings is 2. The van der Waals surface area contributed by atoms with E-state index in [1.54, 1.807) is 0 Å². The topological polar surface area (TPSA) is 42.4 Å². The number of pyridine rings is 1. The summed E-state index contributed by atoms with van der Waals surface area (Å²) in [6.07, 6.45) is 1.83. The Morgan fingerprint density at radius 1 is 0.358 bits per heavy atom. The van der Waals surface area contributed by atoms with Crippen LogP contribution in [-0.2, 0) is 0 Å². The molecule has 11 rings (SSSR count). The van der Waals surface area contributed by atoms with Gasteiger partial charge in [-0.2, -0.15) is 0 Å². The van der Waals surface area contributed by atoms with Crippen LogP contribution in [-0.4, -0.2) is 4.98 Å². The van der Waals surface area contributed by atoms with Crippen LogP contribution in [0, 0.1) is 0 Å². The summed E-state index contributed by atoms with van der Waals surface area (Å²) in [7, 11) is 0. The SMILES string of the molecule is c1ccc(-c2ccc(-c3ccc(N(c4ccc5ccc6c7ccccc7oc6c5c4)c4ccc5ccc6c7ccccc7oc6c5c4)cc3)cc2)nc1. The molecule has 0 N–H and O–H groups in total.